The summed E-state index contributed by atoms with van der Waals surface area (Å²) in [4.78, 5) is 1.40. The van der Waals surface area contributed by atoms with E-state index in [4.69, 9.17) is 0 Å². The van der Waals surface area contributed by atoms with Gasteiger partial charge in [-0.2, -0.15) is 0 Å². The van der Waals surface area contributed by atoms with E-state index >= 15 is 0 Å². The lowest BCUT2D eigenvalue weighted by Crippen LogP contribution is -2.41. The second kappa shape index (κ2) is 6.29. The minimum Gasteiger partial charge on any atom is -0.341 e. The predicted molar refractivity (Wildman–Crippen MR) is 113 cm³/mol. The largest absolute Gasteiger partial charge is 0.341 e. The predicted octanol–water partition coefficient (Wildman–Crippen LogP) is 3.88. The topological polar surface area (TPSA) is 42.3 Å². The summed E-state index contributed by atoms with van der Waals surface area (Å²) in [5.41, 5.74) is 2.57. The van der Waals surface area contributed by atoms with Crippen LogP contribution in [0.25, 0.3) is 21.8 Å². The Bertz CT molecular complexity index is 1080. The van der Waals surface area contributed by atoms with Gasteiger partial charge in [0.1, 0.15) is 0 Å². The Kier molecular flexibility index (Phi) is 4.33. The molecule has 1 aliphatic heterocycles. The van der Waals surface area contributed by atoms with Crippen LogP contribution in [0, 0.1) is 0 Å². The van der Waals surface area contributed by atoms with Crippen molar-refractivity contribution in [2.45, 2.75) is 18.4 Å². The van der Waals surface area contributed by atoms with Crippen molar-refractivity contribution in [3.8, 4) is 0 Å². The highest BCUT2D eigenvalue weighted by molar-refractivity contribution is 8.33. The van der Waals surface area contributed by atoms with Crippen molar-refractivity contribution in [2.24, 2.45) is 0 Å². The number of para-hydroxylation sites is 1. The smallest absolute Gasteiger partial charge is 0.211 e. The molecule has 0 amide bonds. The van der Waals surface area contributed by atoms with E-state index in [1.54, 1.807) is 4.31 Å². The molecule has 0 radical (unpaired) electrons. The molecule has 0 spiro atoms. The number of hydrogen-bond acceptors (Lipinski definition) is 2. The minimum atomic E-state index is -3.08. The van der Waals surface area contributed by atoms with Gasteiger partial charge in [-0.25, -0.2) is 22.8 Å². The fourth-order valence-electron chi connectivity index (χ4n) is 4.07. The Morgan fingerprint density at radius 2 is 1.65 bits per heavy atom. The molecule has 6 heteroatoms. The summed E-state index contributed by atoms with van der Waals surface area (Å²) >= 11 is 0. The van der Waals surface area contributed by atoms with Crippen LogP contribution in [0.4, 0.5) is 0 Å². The van der Waals surface area contributed by atoms with Crippen molar-refractivity contribution in [1.82, 2.24) is 8.87 Å². The van der Waals surface area contributed by atoms with Crippen molar-refractivity contribution in [3.05, 3.63) is 42.5 Å². The first-order chi connectivity index (χ1) is 12.3. The van der Waals surface area contributed by atoms with Crippen molar-refractivity contribution in [1.29, 1.82) is 0 Å². The van der Waals surface area contributed by atoms with Gasteiger partial charge in [0.25, 0.3) is 0 Å². The average Bonchev–Trinajstić information content (AvgIpc) is 2.94. The summed E-state index contributed by atoms with van der Waals surface area (Å²) in [5.74, 6) is 1.88. The van der Waals surface area contributed by atoms with Gasteiger partial charge in [0.15, 0.2) is 0 Å². The Labute approximate surface area is 157 Å². The second-order valence-corrected chi connectivity index (χ2v) is 13.1. The van der Waals surface area contributed by atoms with Crippen LogP contribution < -0.4 is 0 Å². The summed E-state index contributed by atoms with van der Waals surface area (Å²) < 4.78 is 27.6. The van der Waals surface area contributed by atoms with Crippen LogP contribution in [0.2, 0.25) is 0 Å². The van der Waals surface area contributed by atoms with E-state index in [9.17, 15) is 8.42 Å². The van der Waals surface area contributed by atoms with Crippen LogP contribution in [0.1, 0.15) is 6.92 Å². The van der Waals surface area contributed by atoms with Crippen molar-refractivity contribution in [2.75, 3.05) is 37.1 Å². The first-order valence-corrected chi connectivity index (χ1v) is 13.3. The van der Waals surface area contributed by atoms with Crippen LogP contribution in [-0.4, -0.2) is 54.4 Å². The van der Waals surface area contributed by atoms with Gasteiger partial charge in [0.05, 0.1) is 6.26 Å². The van der Waals surface area contributed by atoms with Crippen LogP contribution in [0.3, 0.4) is 0 Å². The molecule has 2 aromatic carbocycles. The zero-order valence-electron chi connectivity index (χ0n) is 15.6. The number of aryl methyl sites for hydroxylation is 1. The van der Waals surface area contributed by atoms with Gasteiger partial charge in [0.2, 0.25) is 10.0 Å². The van der Waals surface area contributed by atoms with E-state index in [0.717, 1.165) is 18.1 Å². The maximum atomic E-state index is 11.8. The highest BCUT2D eigenvalue weighted by Crippen LogP contribution is 2.54. The van der Waals surface area contributed by atoms with Gasteiger partial charge in [-0.05, 0) is 53.8 Å². The maximum absolute atomic E-state index is 11.8. The minimum absolute atomic E-state index is 0.638. The molecule has 140 valence electrons. The van der Waals surface area contributed by atoms with Gasteiger partial charge < -0.3 is 4.57 Å². The number of fused-ring (bicyclic) bond motifs is 3. The fourth-order valence-corrected chi connectivity index (χ4v) is 7.87. The third-order valence-electron chi connectivity index (χ3n) is 5.68. The summed E-state index contributed by atoms with van der Waals surface area (Å²) in [6.45, 7) is 4.42. The zero-order valence-corrected chi connectivity index (χ0v) is 17.2. The molecular weight excluding hydrogens is 364 g/mol. The zero-order chi connectivity index (χ0) is 18.5. The molecule has 0 unspecified atom stereocenters. The molecule has 26 heavy (non-hydrogen) atoms. The maximum Gasteiger partial charge on any atom is 0.211 e. The Morgan fingerprint density at radius 3 is 2.31 bits per heavy atom. The molecule has 0 atom stereocenters. The summed E-state index contributed by atoms with van der Waals surface area (Å²) in [6, 6.07) is 15.5. The molecule has 0 aliphatic carbocycles. The van der Waals surface area contributed by atoms with Crippen LogP contribution in [0.15, 0.2) is 47.4 Å². The molecule has 1 aromatic heterocycles. The number of aromatic nitrogens is 1. The van der Waals surface area contributed by atoms with E-state index < -0.39 is 20.1 Å². The monoisotopic (exact) mass is 390 g/mol. The van der Waals surface area contributed by atoms with Crippen LogP contribution in [-0.2, 0) is 16.6 Å². The molecule has 0 N–H and O–H groups in total. The van der Waals surface area contributed by atoms with Crippen molar-refractivity contribution in [3.63, 3.8) is 0 Å². The summed E-state index contributed by atoms with van der Waals surface area (Å²) in [7, 11) is -4.06. The number of hydrogen-bond donors (Lipinski definition) is 0. The van der Waals surface area contributed by atoms with E-state index in [0.29, 0.717) is 13.1 Å². The lowest BCUT2D eigenvalue weighted by Gasteiger charge is -2.43. The second-order valence-electron chi connectivity index (χ2n) is 7.28. The molecule has 4 rings (SSSR count). The summed E-state index contributed by atoms with van der Waals surface area (Å²) in [6.07, 6.45) is 3.67. The van der Waals surface area contributed by atoms with E-state index in [-0.39, 0.29) is 0 Å². The van der Waals surface area contributed by atoms with Gasteiger partial charge in [-0.15, -0.1) is 0 Å². The molecule has 2 heterocycles. The third-order valence-corrected chi connectivity index (χ3v) is 10.5. The van der Waals surface area contributed by atoms with E-state index in [2.05, 4.69) is 60.2 Å². The molecule has 3 aromatic rings. The van der Waals surface area contributed by atoms with E-state index in [1.807, 2.05) is 0 Å². The highest BCUT2D eigenvalue weighted by atomic mass is 32.3. The van der Waals surface area contributed by atoms with Gasteiger partial charge in [-0.3, -0.25) is 0 Å². The van der Waals surface area contributed by atoms with Gasteiger partial charge in [-0.1, -0.05) is 18.2 Å². The Morgan fingerprint density at radius 1 is 1.00 bits per heavy atom. The van der Waals surface area contributed by atoms with Crippen LogP contribution in [0.5, 0.6) is 0 Å². The number of rotatable bonds is 3. The molecule has 0 bridgehead atoms. The molecular formula is C20H26N2O2S2. The third kappa shape index (κ3) is 2.84. The Balaban J connectivity index is 1.78. The van der Waals surface area contributed by atoms with E-state index in [1.165, 1.54) is 33.0 Å². The van der Waals surface area contributed by atoms with Gasteiger partial charge >= 0.3 is 0 Å². The molecule has 4 nitrogen and oxygen atoms in total. The van der Waals surface area contributed by atoms with Gasteiger partial charge in [0, 0.05) is 41.4 Å². The molecule has 0 saturated carbocycles. The molecule has 1 fully saturated rings. The van der Waals surface area contributed by atoms with Crippen LogP contribution >= 0.6 is 10.0 Å². The normalized spacial score (nSPS) is 19.8. The number of sulfonamides is 1. The van der Waals surface area contributed by atoms with Crippen molar-refractivity contribution < 1.29 is 8.42 Å². The Hall–Kier alpha value is -1.50. The standard InChI is InChI=1S/C20H26N2O2S2/c1-4-22-19-8-6-5-7-17(19)18-15-16(9-10-20(18)22)25(2)13-11-21(12-14-25)26(3,23)24/h5-10,15H,4,11-14H2,1-3H3. The first kappa shape index (κ1) is 17.9. The SMILES string of the molecule is CCn1c2ccccc2c2cc(S3(C)CCN(S(C)(=O)=O)CC3)ccc21. The molecule has 1 aliphatic rings. The average molecular weight is 391 g/mol. The molecule has 1 saturated heterocycles. The quantitative estimate of drug-likeness (QED) is 0.681. The number of benzene rings is 2. The first-order valence-electron chi connectivity index (χ1n) is 9.03. The lowest BCUT2D eigenvalue weighted by atomic mass is 10.1. The lowest BCUT2D eigenvalue weighted by molar-refractivity contribution is 0.446. The highest BCUT2D eigenvalue weighted by Gasteiger charge is 2.31. The fraction of sp³-hybridized carbons (Fsp3) is 0.400. The summed E-state index contributed by atoms with van der Waals surface area (Å²) in [5, 5.41) is 2.63. The number of nitrogens with zero attached hydrogens (tertiary/aromatic N) is 2. The van der Waals surface area contributed by atoms with Crippen molar-refractivity contribution >= 4 is 41.9 Å².